The molecule has 2 aromatic heterocycles. The first kappa shape index (κ1) is 13.3. The summed E-state index contributed by atoms with van der Waals surface area (Å²) in [7, 11) is 0. The Bertz CT molecular complexity index is 611. The maximum Gasteiger partial charge on any atom is 0.251 e. The van der Waals surface area contributed by atoms with Crippen molar-refractivity contribution in [3.8, 4) is 11.8 Å². The quantitative estimate of drug-likeness (QED) is 0.831. The number of nitrogens with zero attached hydrogens (tertiary/aromatic N) is 1. The summed E-state index contributed by atoms with van der Waals surface area (Å²) in [5.41, 5.74) is 1.44. The van der Waals surface area contributed by atoms with Gasteiger partial charge in [-0.1, -0.05) is 11.8 Å². The van der Waals surface area contributed by atoms with Gasteiger partial charge in [0, 0.05) is 33.8 Å². The second-order valence-corrected chi connectivity index (χ2v) is 4.68. The van der Waals surface area contributed by atoms with Crippen LogP contribution in [-0.4, -0.2) is 22.6 Å². The van der Waals surface area contributed by atoms with E-state index >= 15 is 0 Å². The number of hydrogen-bond donors (Lipinski definition) is 2. The van der Waals surface area contributed by atoms with Crippen LogP contribution in [-0.2, 0) is 6.54 Å². The molecule has 0 radical (unpaired) electrons. The number of carbonyl (C=O) groups is 1. The maximum atomic E-state index is 11.8. The average Bonchev–Trinajstić information content (AvgIpc) is 2.91. The number of hydrogen-bond acceptors (Lipinski definition) is 4. The minimum atomic E-state index is -0.149. The molecule has 0 aliphatic heterocycles. The summed E-state index contributed by atoms with van der Waals surface area (Å²) in [5, 5.41) is 13.3. The topological polar surface area (TPSA) is 62.2 Å². The highest BCUT2D eigenvalue weighted by molar-refractivity contribution is 7.10. The van der Waals surface area contributed by atoms with E-state index in [1.165, 1.54) is 11.3 Å². The Morgan fingerprint density at radius 2 is 2.21 bits per heavy atom. The lowest BCUT2D eigenvalue weighted by Gasteiger charge is -2.02. The molecule has 4 nitrogen and oxygen atoms in total. The summed E-state index contributed by atoms with van der Waals surface area (Å²) < 4.78 is 0. The number of thiophene rings is 1. The van der Waals surface area contributed by atoms with Crippen LogP contribution in [0.2, 0.25) is 0 Å². The predicted molar refractivity (Wildman–Crippen MR) is 73.7 cm³/mol. The first-order valence-corrected chi connectivity index (χ1v) is 6.53. The molecule has 2 aromatic rings. The van der Waals surface area contributed by atoms with Crippen molar-refractivity contribution in [2.24, 2.45) is 0 Å². The monoisotopic (exact) mass is 272 g/mol. The number of carbonyl (C=O) groups excluding carboxylic acids is 1. The van der Waals surface area contributed by atoms with E-state index in [9.17, 15) is 4.79 Å². The summed E-state index contributed by atoms with van der Waals surface area (Å²) >= 11 is 1.53. The van der Waals surface area contributed by atoms with Crippen molar-refractivity contribution in [3.05, 3.63) is 52.0 Å². The van der Waals surface area contributed by atoms with Crippen molar-refractivity contribution in [2.45, 2.75) is 6.54 Å². The normalized spacial score (nSPS) is 9.53. The SMILES string of the molecule is O=C(NCc1cc(C#CCO)cs1)c1ccncc1. The molecule has 19 heavy (non-hydrogen) atoms. The fourth-order valence-corrected chi connectivity index (χ4v) is 2.21. The van der Waals surface area contributed by atoms with Crippen LogP contribution in [0.1, 0.15) is 20.8 Å². The van der Waals surface area contributed by atoms with Crippen molar-refractivity contribution >= 4 is 17.2 Å². The van der Waals surface area contributed by atoms with E-state index < -0.39 is 0 Å². The van der Waals surface area contributed by atoms with Crippen LogP contribution >= 0.6 is 11.3 Å². The molecule has 0 saturated carbocycles. The first-order chi connectivity index (χ1) is 9.29. The molecule has 0 spiro atoms. The van der Waals surface area contributed by atoms with Gasteiger partial charge in [0.25, 0.3) is 5.91 Å². The Hall–Kier alpha value is -2.16. The van der Waals surface area contributed by atoms with E-state index in [-0.39, 0.29) is 12.5 Å². The minimum absolute atomic E-state index is 0.126. The molecule has 0 aliphatic rings. The molecule has 96 valence electrons. The molecule has 0 aromatic carbocycles. The molecule has 2 rings (SSSR count). The second kappa shape index (κ2) is 6.69. The number of rotatable bonds is 3. The van der Waals surface area contributed by atoms with Gasteiger partial charge >= 0.3 is 0 Å². The van der Waals surface area contributed by atoms with Gasteiger partial charge in [0.05, 0.1) is 6.54 Å². The van der Waals surface area contributed by atoms with Crippen LogP contribution in [0.25, 0.3) is 0 Å². The zero-order valence-corrected chi connectivity index (χ0v) is 10.9. The minimum Gasteiger partial charge on any atom is -0.384 e. The van der Waals surface area contributed by atoms with Crippen LogP contribution in [0.3, 0.4) is 0 Å². The highest BCUT2D eigenvalue weighted by atomic mass is 32.1. The molecule has 2 N–H and O–H groups in total. The number of pyridine rings is 1. The van der Waals surface area contributed by atoms with Gasteiger partial charge in [-0.05, 0) is 18.2 Å². The molecule has 0 saturated heterocycles. The smallest absolute Gasteiger partial charge is 0.251 e. The van der Waals surface area contributed by atoms with Crippen LogP contribution in [0, 0.1) is 11.8 Å². The summed E-state index contributed by atoms with van der Waals surface area (Å²) in [5.74, 6) is 5.28. The van der Waals surface area contributed by atoms with Crippen molar-refractivity contribution in [2.75, 3.05) is 6.61 Å². The second-order valence-electron chi connectivity index (χ2n) is 3.68. The summed E-state index contributed by atoms with van der Waals surface area (Å²) in [6.45, 7) is 0.316. The summed E-state index contributed by atoms with van der Waals surface area (Å²) in [6, 6.07) is 5.24. The molecule has 0 aliphatic carbocycles. The third-order valence-corrected chi connectivity index (χ3v) is 3.27. The lowest BCUT2D eigenvalue weighted by atomic mass is 10.2. The highest BCUT2D eigenvalue weighted by Crippen LogP contribution is 2.13. The van der Waals surface area contributed by atoms with Gasteiger partial charge in [0.15, 0.2) is 0 Å². The zero-order chi connectivity index (χ0) is 13.5. The third-order valence-electron chi connectivity index (χ3n) is 2.33. The Morgan fingerprint density at radius 3 is 2.95 bits per heavy atom. The van der Waals surface area contributed by atoms with Crippen LogP contribution < -0.4 is 5.32 Å². The van der Waals surface area contributed by atoms with E-state index in [2.05, 4.69) is 22.1 Å². The first-order valence-electron chi connectivity index (χ1n) is 5.65. The Kier molecular flexibility index (Phi) is 4.67. The molecular formula is C14H12N2O2S. The molecule has 0 fully saturated rings. The fourth-order valence-electron chi connectivity index (χ4n) is 1.45. The summed E-state index contributed by atoms with van der Waals surface area (Å²) in [6.07, 6.45) is 3.17. The predicted octanol–water partition coefficient (Wildman–Crippen LogP) is 1.42. The van der Waals surface area contributed by atoms with E-state index in [1.807, 2.05) is 11.4 Å². The van der Waals surface area contributed by atoms with E-state index in [0.717, 1.165) is 10.4 Å². The molecule has 5 heteroatoms. The van der Waals surface area contributed by atoms with E-state index in [0.29, 0.717) is 12.1 Å². The maximum absolute atomic E-state index is 11.8. The van der Waals surface area contributed by atoms with Gasteiger partial charge in [-0.3, -0.25) is 9.78 Å². The highest BCUT2D eigenvalue weighted by Gasteiger charge is 2.05. The van der Waals surface area contributed by atoms with Gasteiger partial charge in [-0.25, -0.2) is 0 Å². The lowest BCUT2D eigenvalue weighted by Crippen LogP contribution is -2.22. The summed E-state index contributed by atoms with van der Waals surface area (Å²) in [4.78, 5) is 16.7. The van der Waals surface area contributed by atoms with E-state index in [4.69, 9.17) is 5.11 Å². The average molecular weight is 272 g/mol. The van der Waals surface area contributed by atoms with Crippen molar-refractivity contribution in [1.82, 2.24) is 10.3 Å². The van der Waals surface area contributed by atoms with Gasteiger partial charge in [-0.15, -0.1) is 11.3 Å². The standard InChI is InChI=1S/C14H12N2O2S/c17-7-1-2-11-8-13(19-10-11)9-16-14(18)12-3-5-15-6-4-12/h3-6,8,10,17H,7,9H2,(H,16,18). The van der Waals surface area contributed by atoms with Crippen molar-refractivity contribution in [1.29, 1.82) is 0 Å². The Labute approximate surface area is 115 Å². The van der Waals surface area contributed by atoms with Crippen LogP contribution in [0.4, 0.5) is 0 Å². The Balaban J connectivity index is 1.92. The van der Waals surface area contributed by atoms with Gasteiger partial charge in [-0.2, -0.15) is 0 Å². The third kappa shape index (κ3) is 3.91. The molecular weight excluding hydrogens is 260 g/mol. The fraction of sp³-hybridized carbons (Fsp3) is 0.143. The largest absolute Gasteiger partial charge is 0.384 e. The van der Waals surface area contributed by atoms with Gasteiger partial charge in [0.1, 0.15) is 6.61 Å². The van der Waals surface area contributed by atoms with E-state index in [1.54, 1.807) is 24.5 Å². The van der Waals surface area contributed by atoms with Crippen molar-refractivity contribution < 1.29 is 9.90 Å². The molecule has 1 amide bonds. The van der Waals surface area contributed by atoms with Crippen LogP contribution in [0.5, 0.6) is 0 Å². The number of aliphatic hydroxyl groups excluding tert-OH is 1. The van der Waals surface area contributed by atoms with Crippen LogP contribution in [0.15, 0.2) is 36.0 Å². The lowest BCUT2D eigenvalue weighted by molar-refractivity contribution is 0.0951. The molecule has 0 bridgehead atoms. The number of aliphatic hydroxyl groups is 1. The zero-order valence-electron chi connectivity index (χ0n) is 10.1. The van der Waals surface area contributed by atoms with Gasteiger partial charge in [0.2, 0.25) is 0 Å². The van der Waals surface area contributed by atoms with Crippen molar-refractivity contribution in [3.63, 3.8) is 0 Å². The molecule has 0 unspecified atom stereocenters. The number of nitrogens with one attached hydrogen (secondary N) is 1. The Morgan fingerprint density at radius 1 is 1.42 bits per heavy atom. The number of amides is 1. The van der Waals surface area contributed by atoms with Gasteiger partial charge < -0.3 is 10.4 Å². The number of aromatic nitrogens is 1. The molecule has 0 atom stereocenters. The molecule has 2 heterocycles.